The van der Waals surface area contributed by atoms with Crippen LogP contribution in [-0.4, -0.2) is 114 Å². The second-order valence-electron chi connectivity index (χ2n) is 18.9. The predicted molar refractivity (Wildman–Crippen MR) is 246 cm³/mol. The zero-order valence-electron chi connectivity index (χ0n) is 38.5. The lowest BCUT2D eigenvalue weighted by Crippen LogP contribution is -2.61. The van der Waals surface area contributed by atoms with Crippen LogP contribution < -0.4 is 16.1 Å². The van der Waals surface area contributed by atoms with Crippen LogP contribution in [0.1, 0.15) is 70.6 Å². The van der Waals surface area contributed by atoms with Gasteiger partial charge in [0.15, 0.2) is 0 Å². The second kappa shape index (κ2) is 19.6. The van der Waals surface area contributed by atoms with E-state index in [0.717, 1.165) is 45.1 Å². The highest BCUT2D eigenvalue weighted by molar-refractivity contribution is 7.88. The van der Waals surface area contributed by atoms with Crippen molar-refractivity contribution >= 4 is 44.6 Å². The molecule has 3 aliphatic heterocycles. The highest BCUT2D eigenvalue weighted by atomic mass is 32.2. The molecule has 16 nitrogen and oxygen atoms in total. The Labute approximate surface area is 381 Å². The number of carbonyl (C=O) groups is 4. The molecule has 0 unspecified atom stereocenters. The number of hydrazine groups is 1. The van der Waals surface area contributed by atoms with Gasteiger partial charge in [-0.2, -0.15) is 0 Å². The zero-order chi connectivity index (χ0) is 46.8. The summed E-state index contributed by atoms with van der Waals surface area (Å²) in [5.74, 6) is -3.98. The van der Waals surface area contributed by atoms with Crippen molar-refractivity contribution in [3.63, 3.8) is 0 Å². The normalized spacial score (nSPS) is 21.2. The first-order valence-corrected chi connectivity index (χ1v) is 24.4. The molecule has 2 saturated heterocycles. The molecular formula is C48H63N7O9S. The number of aromatic hydroxyl groups is 1. The molecule has 7 rings (SSSR count). The first-order chi connectivity index (χ1) is 30.9. The number of amides is 3. The van der Waals surface area contributed by atoms with Crippen LogP contribution >= 0.6 is 0 Å². The molecule has 2 fully saturated rings. The van der Waals surface area contributed by atoms with E-state index >= 15 is 0 Å². The number of phenols is 1. The van der Waals surface area contributed by atoms with Crippen molar-refractivity contribution < 1.29 is 42.2 Å². The van der Waals surface area contributed by atoms with E-state index in [9.17, 15) is 32.7 Å². The minimum absolute atomic E-state index is 0.0306. The lowest BCUT2D eigenvalue weighted by Gasteiger charge is -2.36. The van der Waals surface area contributed by atoms with Crippen molar-refractivity contribution in [2.75, 3.05) is 46.2 Å². The van der Waals surface area contributed by atoms with Crippen LogP contribution in [0.15, 0.2) is 54.9 Å². The monoisotopic (exact) mass is 913 g/mol. The molecule has 65 heavy (non-hydrogen) atoms. The third-order valence-corrected chi connectivity index (χ3v) is 14.1. The molecule has 2 aromatic carbocycles. The number of sulfonamides is 1. The molecule has 0 spiro atoms. The number of nitrogens with zero attached hydrogens (tertiary/aromatic N) is 4. The van der Waals surface area contributed by atoms with E-state index in [1.54, 1.807) is 39.3 Å². The van der Waals surface area contributed by atoms with Crippen molar-refractivity contribution in [3.8, 4) is 28.1 Å². The molecule has 3 aliphatic rings. The Kier molecular flexibility index (Phi) is 14.4. The number of hydrogen-bond acceptors (Lipinski definition) is 11. The van der Waals surface area contributed by atoms with E-state index in [1.807, 2.05) is 24.4 Å². The standard InChI is InChI=1S/C48H63N7O9S/c1-8-54-41-12-11-32-22-36(41)37(43(54)38-25-49-15-13-33(38)27-63-6)23-48(4,5)28-64-47(60)39-10-9-16-55(52-39)46(59)40(20-31-18-34(32)21-35(56)19-31)51-45(58)42(29(2)3)44(57)50-24-30-14-17-53(26-30)65(7,61)62/h11-13,15,18-19,21-22,25,29-30,39-40,42,52,56H,8-10,14,16-17,20,23-24,26-28H2,1-7H3,(H,50,57)(H,51,58)/t30-,39-,40-,42-/m0/s1. The Hall–Kier alpha value is -5.36. The second-order valence-corrected chi connectivity index (χ2v) is 20.9. The number of nitrogens with one attached hydrogen (secondary N) is 3. The van der Waals surface area contributed by atoms with E-state index < -0.39 is 63.0 Å². The van der Waals surface area contributed by atoms with Crippen LogP contribution in [0, 0.1) is 23.2 Å². The topological polar surface area (TPSA) is 201 Å². The summed E-state index contributed by atoms with van der Waals surface area (Å²) < 4.78 is 39.5. The number of rotatable bonds is 11. The highest BCUT2D eigenvalue weighted by Gasteiger charge is 2.38. The van der Waals surface area contributed by atoms with Gasteiger partial charge in [0.2, 0.25) is 21.8 Å². The fourth-order valence-corrected chi connectivity index (χ4v) is 10.5. The number of phenolic OH excluding ortho intramolecular Hbond substituents is 1. The van der Waals surface area contributed by atoms with Gasteiger partial charge in [-0.1, -0.05) is 39.8 Å². The summed E-state index contributed by atoms with van der Waals surface area (Å²) in [7, 11) is -1.70. The number of aryl methyl sites for hydroxylation is 1. The van der Waals surface area contributed by atoms with Gasteiger partial charge < -0.3 is 29.8 Å². The molecule has 0 radical (unpaired) electrons. The number of aromatic nitrogens is 2. The van der Waals surface area contributed by atoms with Crippen molar-refractivity contribution in [2.24, 2.45) is 23.2 Å². The molecule has 4 aromatic rings. The Morgan fingerprint density at radius 3 is 2.55 bits per heavy atom. The van der Waals surface area contributed by atoms with E-state index in [1.165, 1.54) is 9.31 Å². The molecular weight excluding hydrogens is 851 g/mol. The largest absolute Gasteiger partial charge is 0.508 e. The van der Waals surface area contributed by atoms with E-state index in [2.05, 4.69) is 58.5 Å². The molecule has 6 bridgehead atoms. The van der Waals surface area contributed by atoms with Crippen molar-refractivity contribution in [1.82, 2.24) is 34.9 Å². The van der Waals surface area contributed by atoms with Gasteiger partial charge in [0.1, 0.15) is 23.8 Å². The molecule has 5 heterocycles. The van der Waals surface area contributed by atoms with E-state index in [4.69, 9.17) is 9.47 Å². The van der Waals surface area contributed by atoms with Gasteiger partial charge in [-0.05, 0) is 103 Å². The first-order valence-electron chi connectivity index (χ1n) is 22.6. The fraction of sp³-hybridized carbons (Fsp3) is 0.521. The van der Waals surface area contributed by atoms with Gasteiger partial charge in [0, 0.05) is 80.5 Å². The van der Waals surface area contributed by atoms with Gasteiger partial charge >= 0.3 is 5.97 Å². The van der Waals surface area contributed by atoms with Gasteiger partial charge in [-0.15, -0.1) is 0 Å². The average Bonchev–Trinajstić information content (AvgIpc) is 3.87. The Balaban J connectivity index is 1.27. The average molecular weight is 914 g/mol. The Morgan fingerprint density at radius 1 is 1.06 bits per heavy atom. The van der Waals surface area contributed by atoms with E-state index in [-0.39, 0.29) is 44.3 Å². The molecule has 0 aliphatic carbocycles. The van der Waals surface area contributed by atoms with Crippen LogP contribution in [0.5, 0.6) is 5.75 Å². The van der Waals surface area contributed by atoms with Gasteiger partial charge in [0.25, 0.3) is 5.91 Å². The van der Waals surface area contributed by atoms with Crippen molar-refractivity contribution in [1.29, 1.82) is 0 Å². The van der Waals surface area contributed by atoms with Crippen LogP contribution in [0.25, 0.3) is 33.3 Å². The number of cyclic esters (lactones) is 1. The maximum atomic E-state index is 14.6. The molecule has 3 amide bonds. The zero-order valence-corrected chi connectivity index (χ0v) is 39.3. The van der Waals surface area contributed by atoms with Crippen LogP contribution in [0.2, 0.25) is 0 Å². The molecule has 4 atom stereocenters. The summed E-state index contributed by atoms with van der Waals surface area (Å²) in [5.41, 5.74) is 9.58. The van der Waals surface area contributed by atoms with Crippen LogP contribution in [0.4, 0.5) is 0 Å². The summed E-state index contributed by atoms with van der Waals surface area (Å²) in [6, 6.07) is 11.2. The Morgan fingerprint density at radius 2 is 1.85 bits per heavy atom. The summed E-state index contributed by atoms with van der Waals surface area (Å²) in [6.45, 7) is 11.9. The summed E-state index contributed by atoms with van der Waals surface area (Å²) in [5, 5.41) is 19.4. The maximum absolute atomic E-state index is 14.6. The lowest BCUT2D eigenvalue weighted by atomic mass is 9.84. The predicted octanol–water partition coefficient (Wildman–Crippen LogP) is 4.56. The molecule has 17 heteroatoms. The number of ether oxygens (including phenoxy) is 2. The van der Waals surface area contributed by atoms with Gasteiger partial charge in [-0.25, -0.2) is 18.1 Å². The highest BCUT2D eigenvalue weighted by Crippen LogP contribution is 2.41. The number of hydrogen-bond donors (Lipinski definition) is 4. The Bertz CT molecular complexity index is 2560. The molecule has 0 saturated carbocycles. The smallest absolute Gasteiger partial charge is 0.324 e. The van der Waals surface area contributed by atoms with Crippen molar-refractivity contribution in [2.45, 2.75) is 92.0 Å². The van der Waals surface area contributed by atoms with Crippen LogP contribution in [-0.2, 0) is 64.7 Å². The third-order valence-electron chi connectivity index (χ3n) is 12.8. The maximum Gasteiger partial charge on any atom is 0.324 e. The fourth-order valence-electron chi connectivity index (χ4n) is 9.54. The minimum atomic E-state index is -3.37. The number of pyridine rings is 1. The molecule has 350 valence electrons. The molecule has 2 aromatic heterocycles. The third kappa shape index (κ3) is 10.7. The lowest BCUT2D eigenvalue weighted by molar-refractivity contribution is -0.155. The van der Waals surface area contributed by atoms with Crippen molar-refractivity contribution in [3.05, 3.63) is 71.5 Å². The SMILES string of the molecule is CCn1c(-c2cnccc2COC)c2c3cc(ccc31)-c1cc(O)cc(c1)C[C@H](NC(=O)[C@H](C(=O)NC[C@@H]1CCN(S(C)(=O)=O)C1)C(C)C)C(=O)N1CCC[C@H](N1)C(=O)OCC(C)(C)C2. The summed E-state index contributed by atoms with van der Waals surface area (Å²) in [6.07, 6.45) is 6.77. The number of benzene rings is 2. The number of esters is 1. The molecule has 4 N–H and O–H groups in total. The van der Waals surface area contributed by atoms with Gasteiger partial charge in [-0.3, -0.25) is 29.2 Å². The number of methoxy groups -OCH3 is 1. The minimum Gasteiger partial charge on any atom is -0.508 e. The summed E-state index contributed by atoms with van der Waals surface area (Å²) in [4.78, 5) is 61.0. The first kappa shape index (κ1) is 47.6. The summed E-state index contributed by atoms with van der Waals surface area (Å²) >= 11 is 0. The number of carbonyl (C=O) groups excluding carboxylic acids is 4. The van der Waals surface area contributed by atoms with Gasteiger partial charge in [0.05, 0.1) is 25.2 Å². The van der Waals surface area contributed by atoms with E-state index in [0.29, 0.717) is 56.5 Å². The van der Waals surface area contributed by atoms with Crippen LogP contribution in [0.3, 0.4) is 0 Å². The number of fused-ring (bicyclic) bond motifs is 6. The quantitative estimate of drug-likeness (QED) is 0.122.